The normalized spacial score (nSPS) is 10.8. The Bertz CT molecular complexity index is 1030. The monoisotopic (exact) mass is 423 g/mol. The Kier molecular flexibility index (Phi) is 6.32. The van der Waals surface area contributed by atoms with Gasteiger partial charge in [-0.15, -0.1) is 0 Å². The third kappa shape index (κ3) is 5.02. The van der Waals surface area contributed by atoms with Crippen molar-refractivity contribution in [1.29, 1.82) is 0 Å². The van der Waals surface area contributed by atoms with Crippen LogP contribution in [0.15, 0.2) is 58.8 Å². The largest absolute Gasteiger partial charge is 0.493 e. The first kappa shape index (κ1) is 20.6. The van der Waals surface area contributed by atoms with E-state index in [0.717, 1.165) is 0 Å². The van der Waals surface area contributed by atoms with Gasteiger partial charge in [-0.3, -0.25) is 4.79 Å². The Morgan fingerprint density at radius 1 is 1.21 bits per heavy atom. The zero-order chi connectivity index (χ0) is 21.0. The lowest BCUT2D eigenvalue weighted by Crippen LogP contribution is -2.13. The van der Waals surface area contributed by atoms with Crippen molar-refractivity contribution in [3.05, 3.63) is 60.2 Å². The molecule has 10 heteroatoms. The number of aryl methyl sites for hydroxylation is 1. The summed E-state index contributed by atoms with van der Waals surface area (Å²) in [4.78, 5) is 17.4. The van der Waals surface area contributed by atoms with Gasteiger partial charge in [0.1, 0.15) is 5.82 Å². The number of rotatable bonds is 7. The van der Waals surface area contributed by atoms with E-state index in [4.69, 9.17) is 4.74 Å². The molecular weight excluding hydrogens is 407 g/mol. The van der Waals surface area contributed by atoms with Gasteiger partial charge in [0.05, 0.1) is 12.8 Å². The second kappa shape index (κ2) is 8.91. The average molecular weight is 423 g/mol. The quantitative estimate of drug-likeness (QED) is 0.603. The molecule has 0 saturated carbocycles. The average Bonchev–Trinajstić information content (AvgIpc) is 3.08. The number of methoxy groups -OCH3 is 1. The van der Waals surface area contributed by atoms with E-state index in [9.17, 15) is 18.0 Å². The maximum Gasteiger partial charge on any atom is 0.387 e. The van der Waals surface area contributed by atoms with Crippen LogP contribution in [0.25, 0.3) is 0 Å². The predicted molar refractivity (Wildman–Crippen MR) is 101 cm³/mol. The van der Waals surface area contributed by atoms with Gasteiger partial charge >= 0.3 is 6.61 Å². The number of carbonyl (C=O) groups excluding carboxylic acids is 1. The lowest BCUT2D eigenvalue weighted by atomic mass is 10.2. The summed E-state index contributed by atoms with van der Waals surface area (Å²) in [6.45, 7) is -3.03. The van der Waals surface area contributed by atoms with Crippen LogP contribution in [0, 0.1) is 5.82 Å². The summed E-state index contributed by atoms with van der Waals surface area (Å²) in [5.74, 6) is -1.32. The lowest BCUT2D eigenvalue weighted by molar-refractivity contribution is -0.0512. The van der Waals surface area contributed by atoms with Crippen molar-refractivity contribution < 1.29 is 27.4 Å². The van der Waals surface area contributed by atoms with E-state index in [1.165, 1.54) is 55.3 Å². The third-order valence-corrected chi connectivity index (χ3v) is 4.96. The zero-order valence-electron chi connectivity index (χ0n) is 15.4. The number of benzene rings is 2. The molecule has 0 aliphatic heterocycles. The number of amides is 1. The highest BCUT2D eigenvalue weighted by Crippen LogP contribution is 2.34. The number of halogens is 3. The number of carbonyl (C=O) groups is 1. The third-order valence-electron chi connectivity index (χ3n) is 3.81. The zero-order valence-corrected chi connectivity index (χ0v) is 16.2. The Labute approximate surface area is 168 Å². The van der Waals surface area contributed by atoms with Gasteiger partial charge in [0.2, 0.25) is 0 Å². The standard InChI is InChI=1S/C19H16F3N3O3S/c1-25-8-7-23-19(25)29-16-6-4-12(20)10-13(16)24-17(26)11-3-5-14(28-18(21)22)15(9-11)27-2/h3-10,18H,1-2H3,(H,24,26). The van der Waals surface area contributed by atoms with Crippen molar-refractivity contribution in [1.82, 2.24) is 9.55 Å². The number of imidazole rings is 1. The van der Waals surface area contributed by atoms with Gasteiger partial charge in [-0.1, -0.05) is 0 Å². The molecule has 1 heterocycles. The molecule has 0 radical (unpaired) electrons. The summed E-state index contributed by atoms with van der Waals surface area (Å²) in [6, 6.07) is 7.77. The highest BCUT2D eigenvalue weighted by molar-refractivity contribution is 7.99. The van der Waals surface area contributed by atoms with Gasteiger partial charge in [-0.05, 0) is 48.2 Å². The van der Waals surface area contributed by atoms with Crippen LogP contribution < -0.4 is 14.8 Å². The number of anilines is 1. The van der Waals surface area contributed by atoms with E-state index >= 15 is 0 Å². The molecule has 0 saturated heterocycles. The lowest BCUT2D eigenvalue weighted by Gasteiger charge is -2.13. The fourth-order valence-electron chi connectivity index (χ4n) is 2.43. The van der Waals surface area contributed by atoms with Gasteiger partial charge in [0.15, 0.2) is 16.7 Å². The van der Waals surface area contributed by atoms with Crippen molar-refractivity contribution in [3.8, 4) is 11.5 Å². The van der Waals surface area contributed by atoms with Gasteiger partial charge in [0, 0.05) is 29.9 Å². The summed E-state index contributed by atoms with van der Waals surface area (Å²) in [7, 11) is 3.08. The van der Waals surface area contributed by atoms with Crippen LogP contribution in [0.2, 0.25) is 0 Å². The van der Waals surface area contributed by atoms with Gasteiger partial charge in [0.25, 0.3) is 5.91 Å². The van der Waals surface area contributed by atoms with E-state index in [-0.39, 0.29) is 22.7 Å². The minimum atomic E-state index is -3.03. The number of nitrogens with zero attached hydrogens (tertiary/aromatic N) is 2. The molecule has 2 aromatic carbocycles. The molecule has 0 aliphatic rings. The summed E-state index contributed by atoms with van der Waals surface area (Å²) in [6.07, 6.45) is 3.39. The Hall–Kier alpha value is -3.14. The molecule has 0 fully saturated rings. The fraction of sp³-hybridized carbons (Fsp3) is 0.158. The van der Waals surface area contributed by atoms with E-state index in [0.29, 0.717) is 10.1 Å². The first-order valence-corrected chi connectivity index (χ1v) is 9.08. The maximum absolute atomic E-state index is 13.8. The Balaban J connectivity index is 1.85. The fourth-order valence-corrected chi connectivity index (χ4v) is 3.31. The van der Waals surface area contributed by atoms with Crippen LogP contribution in [-0.4, -0.2) is 29.2 Å². The van der Waals surface area contributed by atoms with Crippen molar-refractivity contribution in [2.45, 2.75) is 16.7 Å². The van der Waals surface area contributed by atoms with E-state index in [1.54, 1.807) is 17.0 Å². The molecule has 1 amide bonds. The maximum atomic E-state index is 13.8. The molecule has 0 unspecified atom stereocenters. The molecule has 6 nitrogen and oxygen atoms in total. The van der Waals surface area contributed by atoms with Crippen LogP contribution in [0.5, 0.6) is 11.5 Å². The van der Waals surface area contributed by atoms with Crippen LogP contribution >= 0.6 is 11.8 Å². The van der Waals surface area contributed by atoms with Crippen LogP contribution in [0.1, 0.15) is 10.4 Å². The first-order chi connectivity index (χ1) is 13.9. The van der Waals surface area contributed by atoms with Gasteiger partial charge < -0.3 is 19.4 Å². The van der Waals surface area contributed by atoms with Gasteiger partial charge in [-0.2, -0.15) is 8.78 Å². The van der Waals surface area contributed by atoms with E-state index in [2.05, 4.69) is 15.0 Å². The first-order valence-electron chi connectivity index (χ1n) is 8.26. The van der Waals surface area contributed by atoms with Crippen molar-refractivity contribution >= 4 is 23.4 Å². The molecule has 3 rings (SSSR count). The topological polar surface area (TPSA) is 65.4 Å². The summed E-state index contributed by atoms with van der Waals surface area (Å²) < 4.78 is 49.8. The second-order valence-electron chi connectivity index (χ2n) is 5.76. The second-order valence-corrected chi connectivity index (χ2v) is 6.77. The van der Waals surface area contributed by atoms with Crippen LogP contribution in [0.4, 0.5) is 18.9 Å². The predicted octanol–water partition coefficient (Wildman–Crippen LogP) is 4.57. The minimum Gasteiger partial charge on any atom is -0.493 e. The molecule has 3 aromatic rings. The molecule has 1 N–H and O–H groups in total. The number of nitrogens with one attached hydrogen (secondary N) is 1. The number of alkyl halides is 2. The molecule has 0 atom stereocenters. The van der Waals surface area contributed by atoms with Crippen LogP contribution in [0.3, 0.4) is 0 Å². The number of hydrogen-bond acceptors (Lipinski definition) is 5. The van der Waals surface area contributed by atoms with E-state index < -0.39 is 18.3 Å². The SMILES string of the molecule is COc1cc(C(=O)Nc2cc(F)ccc2Sc2nccn2C)ccc1OC(F)F. The Morgan fingerprint density at radius 2 is 2.00 bits per heavy atom. The van der Waals surface area contributed by atoms with E-state index in [1.807, 2.05) is 7.05 Å². The van der Waals surface area contributed by atoms with Crippen LogP contribution in [-0.2, 0) is 7.05 Å². The van der Waals surface area contributed by atoms with Crippen molar-refractivity contribution in [3.63, 3.8) is 0 Å². The van der Waals surface area contributed by atoms with Crippen molar-refractivity contribution in [2.75, 3.05) is 12.4 Å². The molecule has 152 valence electrons. The van der Waals surface area contributed by atoms with Crippen molar-refractivity contribution in [2.24, 2.45) is 7.05 Å². The molecule has 0 aliphatic carbocycles. The summed E-state index contributed by atoms with van der Waals surface area (Å²) >= 11 is 1.25. The van der Waals surface area contributed by atoms with Gasteiger partial charge in [-0.25, -0.2) is 9.37 Å². The number of hydrogen-bond donors (Lipinski definition) is 1. The molecule has 29 heavy (non-hydrogen) atoms. The summed E-state index contributed by atoms with van der Waals surface area (Å²) in [5, 5.41) is 3.28. The minimum absolute atomic E-state index is 0.0280. The smallest absolute Gasteiger partial charge is 0.387 e. The highest BCUT2D eigenvalue weighted by Gasteiger charge is 2.16. The Morgan fingerprint density at radius 3 is 2.66 bits per heavy atom. The molecule has 1 aromatic heterocycles. The molecular formula is C19H16F3N3O3S. The molecule has 0 bridgehead atoms. The summed E-state index contributed by atoms with van der Waals surface area (Å²) in [5.41, 5.74) is 0.371. The number of aromatic nitrogens is 2. The molecule has 0 spiro atoms. The number of ether oxygens (including phenoxy) is 2. The highest BCUT2D eigenvalue weighted by atomic mass is 32.2.